The molecule has 2 aromatic rings. The Balaban J connectivity index is 1.16. The Morgan fingerprint density at radius 1 is 1.11 bits per heavy atom. The van der Waals surface area contributed by atoms with Gasteiger partial charge >= 0.3 is 0 Å². The molecule has 2 aromatic heterocycles. The van der Waals surface area contributed by atoms with Gasteiger partial charge in [-0.3, -0.25) is 19.9 Å². The maximum absolute atomic E-state index is 13.8. The van der Waals surface area contributed by atoms with E-state index in [-0.39, 0.29) is 11.9 Å². The van der Waals surface area contributed by atoms with E-state index in [0.29, 0.717) is 43.6 Å². The van der Waals surface area contributed by atoms with Gasteiger partial charge in [0, 0.05) is 24.3 Å². The van der Waals surface area contributed by atoms with Crippen molar-refractivity contribution >= 4 is 23.5 Å². The van der Waals surface area contributed by atoms with Gasteiger partial charge in [0.2, 0.25) is 11.9 Å². The summed E-state index contributed by atoms with van der Waals surface area (Å²) in [5.41, 5.74) is 0.0736. The van der Waals surface area contributed by atoms with Crippen LogP contribution in [-0.4, -0.2) is 75.9 Å². The minimum absolute atomic E-state index is 0.0155. The van der Waals surface area contributed by atoms with Crippen molar-refractivity contribution in [2.75, 3.05) is 43.0 Å². The summed E-state index contributed by atoms with van der Waals surface area (Å²) in [5.74, 6) is 2.41. The lowest BCUT2D eigenvalue weighted by atomic mass is 9.75. The Labute approximate surface area is 217 Å². The third-order valence-corrected chi connectivity index (χ3v) is 8.44. The van der Waals surface area contributed by atoms with Gasteiger partial charge in [0.05, 0.1) is 11.6 Å². The van der Waals surface area contributed by atoms with Crippen LogP contribution in [0.1, 0.15) is 56.9 Å². The highest BCUT2D eigenvalue weighted by molar-refractivity contribution is 6.01. The largest absolute Gasteiger partial charge is 0.491 e. The molecular weight excluding hydrogens is 470 g/mol. The summed E-state index contributed by atoms with van der Waals surface area (Å²) < 4.78 is 5.89. The molecule has 5 heterocycles. The van der Waals surface area contributed by atoms with Crippen molar-refractivity contribution in [2.24, 2.45) is 5.41 Å². The monoisotopic (exact) mass is 507 g/mol. The number of pyridine rings is 1. The molecule has 6 rings (SSSR count). The van der Waals surface area contributed by atoms with Crippen LogP contribution in [0.4, 0.5) is 17.6 Å². The Morgan fingerprint density at radius 2 is 1.95 bits per heavy atom. The lowest BCUT2D eigenvalue weighted by molar-refractivity contribution is -0.135. The number of likely N-dealkylation sites (tertiary alicyclic amines) is 1. The normalized spacial score (nSPS) is 26.6. The zero-order valence-corrected chi connectivity index (χ0v) is 21.4. The predicted octanol–water partition coefficient (Wildman–Crippen LogP) is 2.61. The highest BCUT2D eigenvalue weighted by Gasteiger charge is 2.55. The third kappa shape index (κ3) is 4.89. The summed E-state index contributed by atoms with van der Waals surface area (Å²) in [6.07, 6.45) is 11.7. The zero-order chi connectivity index (χ0) is 25.2. The van der Waals surface area contributed by atoms with Crippen LogP contribution in [0.2, 0.25) is 0 Å². The number of rotatable bonds is 7. The third-order valence-electron chi connectivity index (χ3n) is 8.44. The fraction of sp³-hybridized carbons (Fsp3) is 0.630. The number of aliphatic hydroxyl groups excluding tert-OH is 1. The molecule has 2 unspecified atom stereocenters. The van der Waals surface area contributed by atoms with Crippen LogP contribution in [0, 0.1) is 5.41 Å². The summed E-state index contributed by atoms with van der Waals surface area (Å²) >= 11 is 0. The van der Waals surface area contributed by atoms with E-state index >= 15 is 0 Å². The number of amides is 1. The van der Waals surface area contributed by atoms with Crippen molar-refractivity contribution in [3.05, 3.63) is 30.1 Å². The van der Waals surface area contributed by atoms with Gasteiger partial charge in [-0.25, -0.2) is 9.97 Å². The van der Waals surface area contributed by atoms with Gasteiger partial charge < -0.3 is 15.2 Å². The summed E-state index contributed by atoms with van der Waals surface area (Å²) in [7, 11) is 0. The molecule has 0 aromatic carbocycles. The number of fused-ring (bicyclic) bond motifs is 1. The van der Waals surface area contributed by atoms with Crippen molar-refractivity contribution in [1.29, 1.82) is 0 Å². The van der Waals surface area contributed by atoms with Crippen LogP contribution in [0.25, 0.3) is 0 Å². The smallest absolute Gasteiger partial charge is 0.239 e. The van der Waals surface area contributed by atoms with Crippen molar-refractivity contribution in [2.45, 2.75) is 70.1 Å². The molecule has 1 spiro atoms. The predicted molar refractivity (Wildman–Crippen MR) is 140 cm³/mol. The first-order valence-electron chi connectivity index (χ1n) is 13.8. The summed E-state index contributed by atoms with van der Waals surface area (Å²) in [6.45, 7) is 4.54. The number of piperidine rings is 1. The van der Waals surface area contributed by atoms with E-state index in [1.807, 2.05) is 17.0 Å². The number of carbonyl (C=O) groups is 1. The highest BCUT2D eigenvalue weighted by atomic mass is 16.5. The number of carbonyl (C=O) groups excluding carboxylic acids is 1. The molecular formula is C27H37N7O3. The first kappa shape index (κ1) is 24.5. The molecule has 1 amide bonds. The maximum atomic E-state index is 13.8. The molecule has 2 atom stereocenters. The first-order valence-corrected chi connectivity index (χ1v) is 13.8. The van der Waals surface area contributed by atoms with Crippen molar-refractivity contribution < 1.29 is 14.6 Å². The topological polar surface area (TPSA) is 116 Å². The molecule has 3 aliphatic heterocycles. The molecule has 37 heavy (non-hydrogen) atoms. The summed E-state index contributed by atoms with van der Waals surface area (Å²) in [5, 5.41) is 17.0. The number of hydrogen-bond acceptors (Lipinski definition) is 9. The highest BCUT2D eigenvalue weighted by Crippen LogP contribution is 2.45. The van der Waals surface area contributed by atoms with Crippen LogP contribution in [-0.2, 0) is 11.2 Å². The van der Waals surface area contributed by atoms with Crippen LogP contribution in [0.15, 0.2) is 24.5 Å². The van der Waals surface area contributed by atoms with E-state index in [4.69, 9.17) is 9.72 Å². The fourth-order valence-electron chi connectivity index (χ4n) is 6.35. The molecule has 4 aliphatic rings. The maximum Gasteiger partial charge on any atom is 0.239 e. The second-order valence-corrected chi connectivity index (χ2v) is 10.9. The number of nitrogens with one attached hydrogen (secondary N) is 2. The quantitative estimate of drug-likeness (QED) is 0.520. The number of anilines is 3. The Hall–Kier alpha value is -2.82. The number of aliphatic hydroxyl groups is 1. The molecule has 3 fully saturated rings. The Morgan fingerprint density at radius 3 is 2.68 bits per heavy atom. The molecule has 1 aliphatic carbocycles. The minimum Gasteiger partial charge on any atom is -0.491 e. The van der Waals surface area contributed by atoms with E-state index < -0.39 is 11.6 Å². The lowest BCUT2D eigenvalue weighted by Gasteiger charge is -2.43. The first-order chi connectivity index (χ1) is 18.1. The van der Waals surface area contributed by atoms with Gasteiger partial charge in [-0.2, -0.15) is 4.98 Å². The van der Waals surface area contributed by atoms with Crippen molar-refractivity contribution in [1.82, 2.24) is 25.2 Å². The van der Waals surface area contributed by atoms with Gasteiger partial charge in [0.1, 0.15) is 30.2 Å². The van der Waals surface area contributed by atoms with Crippen molar-refractivity contribution in [3.8, 4) is 5.75 Å². The van der Waals surface area contributed by atoms with Gasteiger partial charge in [-0.05, 0) is 70.3 Å². The molecule has 10 heteroatoms. The second-order valence-electron chi connectivity index (χ2n) is 10.9. The molecule has 0 bridgehead atoms. The van der Waals surface area contributed by atoms with E-state index in [1.54, 1.807) is 12.4 Å². The van der Waals surface area contributed by atoms with E-state index in [0.717, 1.165) is 56.6 Å². The number of ether oxygens (including phenoxy) is 1. The van der Waals surface area contributed by atoms with Gasteiger partial charge in [-0.1, -0.05) is 19.3 Å². The van der Waals surface area contributed by atoms with E-state index in [2.05, 4.69) is 25.5 Å². The molecule has 3 N–H and O–H groups in total. The minimum atomic E-state index is -0.848. The Kier molecular flexibility index (Phi) is 6.96. The SMILES string of the molecule is O=C1N(C2CCCC2)c2nc(Nc3ccc(OCCN4CCCCC4)cn3)ncc2CC12CCNC2O. The molecule has 0 radical (unpaired) electrons. The number of hydrogen-bond donors (Lipinski definition) is 3. The Bertz CT molecular complexity index is 1100. The summed E-state index contributed by atoms with van der Waals surface area (Å²) in [6, 6.07) is 3.86. The van der Waals surface area contributed by atoms with E-state index in [1.165, 1.54) is 19.3 Å². The molecule has 1 saturated carbocycles. The molecule has 10 nitrogen and oxygen atoms in total. The second kappa shape index (κ2) is 10.5. The standard InChI is InChI=1S/C27H37N7O3/c35-24-27(10-11-28-24)16-19-17-30-26(32-23(19)34(25(27)36)20-6-2-3-7-20)31-22-9-8-21(18-29-22)37-15-14-33-12-4-1-5-13-33/h8-9,17-18,20,24,28,35H,1-7,10-16H2,(H,29,30,31,32). The van der Waals surface area contributed by atoms with Crippen LogP contribution in [0.5, 0.6) is 5.75 Å². The molecule has 2 saturated heterocycles. The van der Waals surface area contributed by atoms with Crippen LogP contribution >= 0.6 is 0 Å². The summed E-state index contributed by atoms with van der Waals surface area (Å²) in [4.78, 5) is 31.9. The number of nitrogens with zero attached hydrogens (tertiary/aromatic N) is 5. The lowest BCUT2D eigenvalue weighted by Crippen LogP contribution is -2.57. The zero-order valence-electron chi connectivity index (χ0n) is 21.4. The van der Waals surface area contributed by atoms with Gasteiger partial charge in [0.15, 0.2) is 0 Å². The molecule has 198 valence electrons. The van der Waals surface area contributed by atoms with Crippen molar-refractivity contribution in [3.63, 3.8) is 0 Å². The average molecular weight is 508 g/mol. The fourth-order valence-corrected chi connectivity index (χ4v) is 6.35. The van der Waals surface area contributed by atoms with Gasteiger partial charge in [-0.15, -0.1) is 0 Å². The van der Waals surface area contributed by atoms with Crippen LogP contribution < -0.4 is 20.3 Å². The average Bonchev–Trinajstić information content (AvgIpc) is 3.58. The van der Waals surface area contributed by atoms with E-state index in [9.17, 15) is 9.90 Å². The van der Waals surface area contributed by atoms with Gasteiger partial charge in [0.25, 0.3) is 0 Å². The van der Waals surface area contributed by atoms with Crippen LogP contribution in [0.3, 0.4) is 0 Å². The number of aromatic nitrogens is 3.